The Morgan fingerprint density at radius 1 is 1.56 bits per heavy atom. The molecule has 1 aromatic heterocycles. The van der Waals surface area contributed by atoms with Crippen molar-refractivity contribution in [3.8, 4) is 0 Å². The monoisotopic (exact) mass is 190 g/mol. The van der Waals surface area contributed by atoms with Crippen LogP contribution in [0.1, 0.15) is 11.8 Å². The lowest BCUT2D eigenvalue weighted by atomic mass is 10.5. The number of nitrogens with zero attached hydrogens (tertiary/aromatic N) is 2. The van der Waals surface area contributed by atoms with Crippen LogP contribution in [-0.2, 0) is 6.42 Å². The number of alkyl halides is 1. The molecule has 0 aliphatic heterocycles. The van der Waals surface area contributed by atoms with Gasteiger partial charge in [0.15, 0.2) is 0 Å². The van der Waals surface area contributed by atoms with Crippen LogP contribution >= 0.6 is 15.9 Å². The highest BCUT2D eigenvalue weighted by Gasteiger charge is 1.98. The van der Waals surface area contributed by atoms with E-state index in [1.807, 2.05) is 0 Å². The van der Waals surface area contributed by atoms with Gasteiger partial charge in [0.1, 0.15) is 0 Å². The average Bonchev–Trinajstić information content (AvgIpc) is 2.17. The maximum Gasteiger partial charge on any atom is 0.217 e. The summed E-state index contributed by atoms with van der Waals surface area (Å²) >= 11 is 3.27. The van der Waals surface area contributed by atoms with E-state index >= 15 is 0 Å². The van der Waals surface area contributed by atoms with E-state index in [1.165, 1.54) is 0 Å². The summed E-state index contributed by atoms with van der Waals surface area (Å²) in [4.78, 5) is 0. The number of halogens is 1. The predicted molar refractivity (Wildman–Crippen MR) is 36.5 cm³/mol. The highest BCUT2D eigenvalue weighted by Crippen LogP contribution is 1.99. The van der Waals surface area contributed by atoms with Gasteiger partial charge in [-0.05, 0) is 0 Å². The molecule has 4 heteroatoms. The Morgan fingerprint density at radius 2 is 2.33 bits per heavy atom. The second-order valence-electron chi connectivity index (χ2n) is 1.65. The van der Waals surface area contributed by atoms with Crippen molar-refractivity contribution >= 4 is 15.9 Å². The van der Waals surface area contributed by atoms with E-state index in [4.69, 9.17) is 4.42 Å². The van der Waals surface area contributed by atoms with Gasteiger partial charge in [0, 0.05) is 18.7 Å². The van der Waals surface area contributed by atoms with Crippen LogP contribution in [0.4, 0.5) is 0 Å². The van der Waals surface area contributed by atoms with Crippen molar-refractivity contribution < 1.29 is 4.42 Å². The van der Waals surface area contributed by atoms with E-state index in [1.54, 1.807) is 6.92 Å². The van der Waals surface area contributed by atoms with Crippen LogP contribution in [0.5, 0.6) is 0 Å². The fourth-order valence-corrected chi connectivity index (χ4v) is 0.859. The van der Waals surface area contributed by atoms with E-state index in [-0.39, 0.29) is 0 Å². The first-order valence-corrected chi connectivity index (χ1v) is 3.80. The van der Waals surface area contributed by atoms with E-state index in [2.05, 4.69) is 26.1 Å². The summed E-state index contributed by atoms with van der Waals surface area (Å²) in [5.41, 5.74) is 0. The normalized spacial score (nSPS) is 10.0. The SMILES string of the molecule is Cc1nnc(CCBr)o1. The zero-order valence-corrected chi connectivity index (χ0v) is 6.68. The van der Waals surface area contributed by atoms with Crippen molar-refractivity contribution in [3.63, 3.8) is 0 Å². The molecule has 1 heterocycles. The van der Waals surface area contributed by atoms with Gasteiger partial charge in [0.05, 0.1) is 0 Å². The molecular formula is C5H7BrN2O. The molecular weight excluding hydrogens is 184 g/mol. The first-order chi connectivity index (χ1) is 4.33. The lowest BCUT2D eigenvalue weighted by Gasteiger charge is -1.82. The molecule has 1 aromatic rings. The number of aryl methyl sites for hydroxylation is 2. The van der Waals surface area contributed by atoms with Crippen molar-refractivity contribution in [2.45, 2.75) is 13.3 Å². The van der Waals surface area contributed by atoms with Crippen molar-refractivity contribution in [2.75, 3.05) is 5.33 Å². The molecule has 0 radical (unpaired) electrons. The van der Waals surface area contributed by atoms with Crippen LogP contribution in [-0.4, -0.2) is 15.5 Å². The zero-order valence-electron chi connectivity index (χ0n) is 5.09. The first-order valence-electron chi connectivity index (χ1n) is 2.68. The minimum atomic E-state index is 0.631. The molecule has 50 valence electrons. The lowest BCUT2D eigenvalue weighted by Crippen LogP contribution is -1.83. The second kappa shape index (κ2) is 2.96. The van der Waals surface area contributed by atoms with Crippen LogP contribution in [0.2, 0.25) is 0 Å². The number of aromatic nitrogens is 2. The predicted octanol–water partition coefficient (Wildman–Crippen LogP) is 1.32. The standard InChI is InChI=1S/C5H7BrN2O/c1-4-7-8-5(9-4)2-3-6/h2-3H2,1H3. The maximum atomic E-state index is 5.07. The molecule has 0 aromatic carbocycles. The van der Waals surface area contributed by atoms with Gasteiger partial charge in [0.25, 0.3) is 0 Å². The molecule has 3 nitrogen and oxygen atoms in total. The number of rotatable bonds is 2. The van der Waals surface area contributed by atoms with Crippen LogP contribution in [0.3, 0.4) is 0 Å². The van der Waals surface area contributed by atoms with Crippen LogP contribution in [0, 0.1) is 6.92 Å². The molecule has 0 aliphatic rings. The largest absolute Gasteiger partial charge is 0.426 e. The van der Waals surface area contributed by atoms with E-state index in [9.17, 15) is 0 Å². The third kappa shape index (κ3) is 1.78. The maximum absolute atomic E-state index is 5.07. The van der Waals surface area contributed by atoms with Crippen molar-refractivity contribution in [3.05, 3.63) is 11.8 Å². The van der Waals surface area contributed by atoms with Gasteiger partial charge >= 0.3 is 0 Å². The van der Waals surface area contributed by atoms with E-state index in [0.717, 1.165) is 11.8 Å². The van der Waals surface area contributed by atoms with E-state index in [0.29, 0.717) is 11.8 Å². The molecule has 0 unspecified atom stereocenters. The fourth-order valence-electron chi connectivity index (χ4n) is 0.519. The summed E-state index contributed by atoms with van der Waals surface area (Å²) in [6.45, 7) is 1.78. The topological polar surface area (TPSA) is 38.9 Å². The summed E-state index contributed by atoms with van der Waals surface area (Å²) in [7, 11) is 0. The molecule has 0 atom stereocenters. The minimum absolute atomic E-state index is 0.631. The molecule has 0 fully saturated rings. The molecule has 0 aliphatic carbocycles. The van der Waals surface area contributed by atoms with Crippen molar-refractivity contribution in [1.82, 2.24) is 10.2 Å². The highest BCUT2D eigenvalue weighted by molar-refractivity contribution is 9.09. The summed E-state index contributed by atoms with van der Waals surface area (Å²) < 4.78 is 5.07. The van der Waals surface area contributed by atoms with Crippen molar-refractivity contribution in [2.24, 2.45) is 0 Å². The van der Waals surface area contributed by atoms with Crippen LogP contribution in [0.25, 0.3) is 0 Å². The van der Waals surface area contributed by atoms with Gasteiger partial charge in [-0.3, -0.25) is 0 Å². The Morgan fingerprint density at radius 3 is 2.78 bits per heavy atom. The van der Waals surface area contributed by atoms with Crippen LogP contribution in [0.15, 0.2) is 4.42 Å². The summed E-state index contributed by atoms with van der Waals surface area (Å²) in [5.74, 6) is 1.33. The lowest BCUT2D eigenvalue weighted by molar-refractivity contribution is 0.474. The van der Waals surface area contributed by atoms with E-state index < -0.39 is 0 Å². The Balaban J connectivity index is 2.61. The fraction of sp³-hybridized carbons (Fsp3) is 0.600. The summed E-state index contributed by atoms with van der Waals surface area (Å²) in [6, 6.07) is 0. The van der Waals surface area contributed by atoms with Crippen molar-refractivity contribution in [1.29, 1.82) is 0 Å². The zero-order chi connectivity index (χ0) is 6.69. The molecule has 9 heavy (non-hydrogen) atoms. The third-order valence-electron chi connectivity index (χ3n) is 0.876. The van der Waals surface area contributed by atoms with Crippen LogP contribution < -0.4 is 0 Å². The summed E-state index contributed by atoms with van der Waals surface area (Å²) in [5, 5.41) is 8.33. The van der Waals surface area contributed by atoms with Gasteiger partial charge in [-0.25, -0.2) is 0 Å². The quantitative estimate of drug-likeness (QED) is 0.661. The molecule has 0 saturated heterocycles. The second-order valence-corrected chi connectivity index (χ2v) is 2.45. The average molecular weight is 191 g/mol. The number of hydrogen-bond acceptors (Lipinski definition) is 3. The third-order valence-corrected chi connectivity index (χ3v) is 1.27. The van der Waals surface area contributed by atoms with Gasteiger partial charge < -0.3 is 4.42 Å². The Bertz CT molecular complexity index is 187. The Kier molecular flexibility index (Phi) is 2.22. The molecule has 0 bridgehead atoms. The van der Waals surface area contributed by atoms with Gasteiger partial charge in [-0.2, -0.15) is 0 Å². The summed E-state index contributed by atoms with van der Waals surface area (Å²) in [6.07, 6.45) is 0.806. The minimum Gasteiger partial charge on any atom is -0.426 e. The molecule has 0 N–H and O–H groups in total. The molecule has 0 spiro atoms. The molecule has 0 amide bonds. The smallest absolute Gasteiger partial charge is 0.217 e. The molecule has 1 rings (SSSR count). The van der Waals surface area contributed by atoms with Gasteiger partial charge in [-0.1, -0.05) is 15.9 Å². The first kappa shape index (κ1) is 6.74. The number of hydrogen-bond donors (Lipinski definition) is 0. The molecule has 0 saturated carbocycles. The Labute approximate surface area is 61.6 Å². The Hall–Kier alpha value is -0.380. The van der Waals surface area contributed by atoms with Gasteiger partial charge in [0.2, 0.25) is 11.8 Å². The highest BCUT2D eigenvalue weighted by atomic mass is 79.9. The van der Waals surface area contributed by atoms with Gasteiger partial charge in [-0.15, -0.1) is 10.2 Å².